The summed E-state index contributed by atoms with van der Waals surface area (Å²) in [4.78, 5) is 11.9. The Morgan fingerprint density at radius 2 is 1.65 bits per heavy atom. The molecular formula is C19H22N2O2. The Bertz CT molecular complexity index is 698. The zero-order chi connectivity index (χ0) is 16.8. The first-order chi connectivity index (χ1) is 11.0. The van der Waals surface area contributed by atoms with Crippen LogP contribution in [0.15, 0.2) is 47.6 Å². The number of nitrogens with zero attached hydrogens (tertiary/aromatic N) is 1. The molecule has 0 saturated heterocycles. The van der Waals surface area contributed by atoms with Crippen molar-refractivity contribution in [1.82, 2.24) is 5.43 Å². The van der Waals surface area contributed by atoms with Gasteiger partial charge in [0.15, 0.2) is 6.61 Å². The van der Waals surface area contributed by atoms with Crippen molar-refractivity contribution in [3.8, 4) is 5.75 Å². The number of para-hydroxylation sites is 1. The molecule has 2 aromatic carbocycles. The Kier molecular flexibility index (Phi) is 5.52. The summed E-state index contributed by atoms with van der Waals surface area (Å²) in [6.45, 7) is 7.75. The van der Waals surface area contributed by atoms with E-state index in [0.717, 1.165) is 28.2 Å². The molecule has 0 bridgehead atoms. The molecule has 0 fully saturated rings. The highest BCUT2D eigenvalue weighted by molar-refractivity contribution is 5.99. The minimum atomic E-state index is -0.279. The van der Waals surface area contributed by atoms with Gasteiger partial charge in [-0.2, -0.15) is 5.10 Å². The van der Waals surface area contributed by atoms with Crippen LogP contribution in [0.1, 0.15) is 29.2 Å². The molecule has 4 heteroatoms. The van der Waals surface area contributed by atoms with Gasteiger partial charge in [0, 0.05) is 0 Å². The standard InChI is InChI=1S/C19H22N2O2/c1-13-8-10-17(11-9-13)16(4)20-21-18(22)12-23-19-14(2)6-5-7-15(19)3/h5-11H,12H2,1-4H3,(H,21,22)/b20-16+. The van der Waals surface area contributed by atoms with Gasteiger partial charge in [-0.25, -0.2) is 5.43 Å². The van der Waals surface area contributed by atoms with Gasteiger partial charge in [0.05, 0.1) is 5.71 Å². The molecule has 0 heterocycles. The summed E-state index contributed by atoms with van der Waals surface area (Å²) in [5.41, 5.74) is 7.47. The molecule has 0 atom stereocenters. The first-order valence-electron chi connectivity index (χ1n) is 7.56. The quantitative estimate of drug-likeness (QED) is 0.678. The van der Waals surface area contributed by atoms with E-state index in [-0.39, 0.29) is 12.5 Å². The van der Waals surface area contributed by atoms with Gasteiger partial charge in [-0.3, -0.25) is 4.79 Å². The highest BCUT2D eigenvalue weighted by atomic mass is 16.5. The molecule has 0 unspecified atom stereocenters. The Labute approximate surface area is 137 Å². The molecule has 120 valence electrons. The van der Waals surface area contributed by atoms with Crippen molar-refractivity contribution >= 4 is 11.6 Å². The minimum absolute atomic E-state index is 0.0592. The maximum Gasteiger partial charge on any atom is 0.277 e. The largest absolute Gasteiger partial charge is 0.483 e. The van der Waals surface area contributed by atoms with Crippen molar-refractivity contribution < 1.29 is 9.53 Å². The number of hydrazone groups is 1. The third kappa shape index (κ3) is 4.68. The number of rotatable bonds is 5. The topological polar surface area (TPSA) is 50.7 Å². The molecular weight excluding hydrogens is 288 g/mol. The van der Waals surface area contributed by atoms with Crippen LogP contribution in [0.25, 0.3) is 0 Å². The highest BCUT2D eigenvalue weighted by Gasteiger charge is 2.07. The maximum absolute atomic E-state index is 11.9. The van der Waals surface area contributed by atoms with Crippen molar-refractivity contribution in [2.45, 2.75) is 27.7 Å². The summed E-state index contributed by atoms with van der Waals surface area (Å²) in [6, 6.07) is 13.9. The third-order valence-corrected chi connectivity index (χ3v) is 3.57. The zero-order valence-electron chi connectivity index (χ0n) is 14.0. The van der Waals surface area contributed by atoms with E-state index in [1.54, 1.807) is 0 Å². The second-order valence-corrected chi connectivity index (χ2v) is 5.61. The lowest BCUT2D eigenvalue weighted by molar-refractivity contribution is -0.123. The normalized spacial score (nSPS) is 11.2. The first kappa shape index (κ1) is 16.7. The van der Waals surface area contributed by atoms with Crippen LogP contribution in [-0.4, -0.2) is 18.2 Å². The number of hydrogen-bond acceptors (Lipinski definition) is 3. The molecule has 0 radical (unpaired) electrons. The summed E-state index contributed by atoms with van der Waals surface area (Å²) in [5, 5.41) is 4.12. The van der Waals surface area contributed by atoms with Gasteiger partial charge in [-0.05, 0) is 44.4 Å². The van der Waals surface area contributed by atoms with Gasteiger partial charge in [-0.15, -0.1) is 0 Å². The number of carbonyl (C=O) groups excluding carboxylic acids is 1. The number of carbonyl (C=O) groups is 1. The Balaban J connectivity index is 1.92. The Morgan fingerprint density at radius 3 is 2.26 bits per heavy atom. The van der Waals surface area contributed by atoms with Gasteiger partial charge in [0.25, 0.3) is 5.91 Å². The molecule has 23 heavy (non-hydrogen) atoms. The molecule has 0 saturated carbocycles. The van der Waals surface area contributed by atoms with E-state index in [1.807, 2.05) is 70.2 Å². The average Bonchev–Trinajstić information content (AvgIpc) is 2.53. The van der Waals surface area contributed by atoms with E-state index >= 15 is 0 Å². The fourth-order valence-corrected chi connectivity index (χ4v) is 2.20. The lowest BCUT2D eigenvalue weighted by atomic mass is 10.1. The van der Waals surface area contributed by atoms with Gasteiger partial charge in [0.2, 0.25) is 0 Å². The number of nitrogens with one attached hydrogen (secondary N) is 1. The summed E-state index contributed by atoms with van der Waals surface area (Å²) in [6.07, 6.45) is 0. The Morgan fingerprint density at radius 1 is 1.04 bits per heavy atom. The van der Waals surface area contributed by atoms with E-state index in [9.17, 15) is 4.79 Å². The van der Waals surface area contributed by atoms with Crippen LogP contribution in [0.5, 0.6) is 5.75 Å². The van der Waals surface area contributed by atoms with Crippen LogP contribution in [0.4, 0.5) is 0 Å². The molecule has 0 aliphatic heterocycles. The van der Waals surface area contributed by atoms with Gasteiger partial charge in [-0.1, -0.05) is 48.0 Å². The monoisotopic (exact) mass is 310 g/mol. The van der Waals surface area contributed by atoms with Gasteiger partial charge >= 0.3 is 0 Å². The van der Waals surface area contributed by atoms with Crippen LogP contribution in [0.2, 0.25) is 0 Å². The molecule has 0 aromatic heterocycles. The fourth-order valence-electron chi connectivity index (χ4n) is 2.20. The predicted molar refractivity (Wildman–Crippen MR) is 92.9 cm³/mol. The summed E-state index contributed by atoms with van der Waals surface area (Å²) < 4.78 is 5.60. The van der Waals surface area contributed by atoms with Crippen molar-refractivity contribution in [3.05, 3.63) is 64.7 Å². The molecule has 2 rings (SSSR count). The number of hydrogen-bond donors (Lipinski definition) is 1. The summed E-state index contributed by atoms with van der Waals surface area (Å²) in [5.74, 6) is 0.473. The number of benzene rings is 2. The second kappa shape index (κ2) is 7.58. The molecule has 0 aliphatic rings. The maximum atomic E-state index is 11.9. The molecule has 1 amide bonds. The van der Waals surface area contributed by atoms with Crippen molar-refractivity contribution in [2.24, 2.45) is 5.10 Å². The summed E-state index contributed by atoms with van der Waals surface area (Å²) in [7, 11) is 0. The molecule has 2 aromatic rings. The van der Waals surface area contributed by atoms with E-state index in [1.165, 1.54) is 5.56 Å². The van der Waals surface area contributed by atoms with Crippen LogP contribution < -0.4 is 10.2 Å². The van der Waals surface area contributed by atoms with Crippen LogP contribution >= 0.6 is 0 Å². The van der Waals surface area contributed by atoms with E-state index in [2.05, 4.69) is 10.5 Å². The predicted octanol–water partition coefficient (Wildman–Crippen LogP) is 3.53. The first-order valence-corrected chi connectivity index (χ1v) is 7.56. The van der Waals surface area contributed by atoms with Crippen LogP contribution in [0, 0.1) is 20.8 Å². The van der Waals surface area contributed by atoms with Crippen LogP contribution in [0.3, 0.4) is 0 Å². The van der Waals surface area contributed by atoms with Crippen molar-refractivity contribution in [2.75, 3.05) is 6.61 Å². The lowest BCUT2D eigenvalue weighted by Gasteiger charge is -2.11. The van der Waals surface area contributed by atoms with E-state index in [4.69, 9.17) is 4.74 Å². The van der Waals surface area contributed by atoms with Crippen LogP contribution in [-0.2, 0) is 4.79 Å². The minimum Gasteiger partial charge on any atom is -0.483 e. The van der Waals surface area contributed by atoms with E-state index < -0.39 is 0 Å². The molecule has 1 N–H and O–H groups in total. The smallest absolute Gasteiger partial charge is 0.277 e. The average molecular weight is 310 g/mol. The molecule has 4 nitrogen and oxygen atoms in total. The molecule has 0 aliphatic carbocycles. The zero-order valence-corrected chi connectivity index (χ0v) is 14.0. The highest BCUT2D eigenvalue weighted by Crippen LogP contribution is 2.21. The number of aryl methyl sites for hydroxylation is 3. The second-order valence-electron chi connectivity index (χ2n) is 5.61. The van der Waals surface area contributed by atoms with Crippen molar-refractivity contribution in [1.29, 1.82) is 0 Å². The van der Waals surface area contributed by atoms with E-state index in [0.29, 0.717) is 0 Å². The lowest BCUT2D eigenvalue weighted by Crippen LogP contribution is -2.26. The van der Waals surface area contributed by atoms with Gasteiger partial charge < -0.3 is 4.74 Å². The van der Waals surface area contributed by atoms with Gasteiger partial charge in [0.1, 0.15) is 5.75 Å². The van der Waals surface area contributed by atoms with Crippen molar-refractivity contribution in [3.63, 3.8) is 0 Å². The number of amides is 1. The Hall–Kier alpha value is -2.62. The SMILES string of the molecule is C/C(=N\NC(=O)COc1c(C)cccc1C)c1ccc(C)cc1. The number of ether oxygens (including phenoxy) is 1. The molecule has 0 spiro atoms. The third-order valence-electron chi connectivity index (χ3n) is 3.57. The summed E-state index contributed by atoms with van der Waals surface area (Å²) >= 11 is 0. The fraction of sp³-hybridized carbons (Fsp3) is 0.263.